The van der Waals surface area contributed by atoms with Crippen LogP contribution in [0.15, 0.2) is 24.3 Å². The van der Waals surface area contributed by atoms with Gasteiger partial charge in [0.05, 0.1) is 10.4 Å². The number of hydrogen-bond donors (Lipinski definition) is 1. The number of ether oxygens (including phenoxy) is 2. The van der Waals surface area contributed by atoms with Crippen LogP contribution in [0.1, 0.15) is 45.4 Å². The molecule has 1 amide bonds. The Balaban J connectivity index is 1.37. The lowest BCUT2D eigenvalue weighted by Crippen LogP contribution is -2.64. The largest absolute Gasteiger partial charge is 0.488 e. The van der Waals surface area contributed by atoms with Gasteiger partial charge in [0.15, 0.2) is 0 Å². The quantitative estimate of drug-likeness (QED) is 0.592. The summed E-state index contributed by atoms with van der Waals surface area (Å²) in [6.45, 7) is 2.04. The van der Waals surface area contributed by atoms with E-state index in [9.17, 15) is 9.59 Å². The van der Waals surface area contributed by atoms with Gasteiger partial charge < -0.3 is 14.8 Å². The highest BCUT2D eigenvalue weighted by atomic mass is 35.5. The lowest BCUT2D eigenvalue weighted by Gasteiger charge is -2.60. The van der Waals surface area contributed by atoms with Crippen molar-refractivity contribution in [1.82, 2.24) is 5.32 Å². The first-order chi connectivity index (χ1) is 12.9. The van der Waals surface area contributed by atoms with Gasteiger partial charge in [-0.15, -0.1) is 0 Å². The van der Waals surface area contributed by atoms with Gasteiger partial charge in [-0.25, -0.2) is 0 Å². The maximum absolute atomic E-state index is 13.0. The third-order valence-corrected chi connectivity index (χ3v) is 6.66. The van der Waals surface area contributed by atoms with Crippen LogP contribution in [0.4, 0.5) is 0 Å². The number of esters is 1. The molecule has 5 rings (SSSR count). The zero-order valence-corrected chi connectivity index (χ0v) is 16.4. The van der Waals surface area contributed by atoms with Crippen molar-refractivity contribution in [2.24, 2.45) is 17.3 Å². The molecule has 4 aliphatic carbocycles. The molecule has 2 unspecified atom stereocenters. The lowest BCUT2D eigenvalue weighted by atomic mass is 9.47. The van der Waals surface area contributed by atoms with Crippen LogP contribution in [0, 0.1) is 17.3 Å². The summed E-state index contributed by atoms with van der Waals surface area (Å²) in [4.78, 5) is 24.7. The van der Waals surface area contributed by atoms with E-state index in [2.05, 4.69) is 5.32 Å². The second kappa shape index (κ2) is 7.01. The first-order valence-corrected chi connectivity index (χ1v) is 10.1. The first-order valence-electron chi connectivity index (χ1n) is 9.73. The number of halogens is 1. The normalized spacial score (nSPS) is 33.6. The Labute approximate surface area is 164 Å². The van der Waals surface area contributed by atoms with Crippen LogP contribution in [0.3, 0.4) is 0 Å². The molecule has 146 valence electrons. The Bertz CT molecular complexity index is 735. The maximum atomic E-state index is 13.0. The van der Waals surface area contributed by atoms with Gasteiger partial charge in [0, 0.05) is 12.5 Å². The van der Waals surface area contributed by atoms with Crippen LogP contribution in [0.25, 0.3) is 0 Å². The zero-order chi connectivity index (χ0) is 19.1. The molecule has 4 bridgehead atoms. The molecule has 2 atom stereocenters. The number of carbonyl (C=O) groups is 2. The van der Waals surface area contributed by atoms with E-state index < -0.39 is 5.41 Å². The number of amides is 1. The maximum Gasteiger partial charge on any atom is 0.312 e. The van der Waals surface area contributed by atoms with E-state index >= 15 is 0 Å². The average Bonchev–Trinajstić information content (AvgIpc) is 2.57. The molecule has 1 aromatic carbocycles. The van der Waals surface area contributed by atoms with E-state index in [0.29, 0.717) is 29.0 Å². The number of hydrogen-bond acceptors (Lipinski definition) is 4. The third kappa shape index (κ3) is 3.66. The minimum absolute atomic E-state index is 0.00592. The minimum atomic E-state index is -0.447. The molecule has 0 spiro atoms. The Morgan fingerprint density at radius 1 is 1.15 bits per heavy atom. The van der Waals surface area contributed by atoms with Gasteiger partial charge in [0.2, 0.25) is 5.91 Å². The number of benzene rings is 1. The van der Waals surface area contributed by atoms with Gasteiger partial charge in [0.25, 0.3) is 0 Å². The van der Waals surface area contributed by atoms with Gasteiger partial charge in [-0.2, -0.15) is 0 Å². The predicted molar refractivity (Wildman–Crippen MR) is 102 cm³/mol. The van der Waals surface area contributed by atoms with E-state index in [1.54, 1.807) is 19.1 Å². The van der Waals surface area contributed by atoms with Crippen LogP contribution >= 0.6 is 11.6 Å². The van der Waals surface area contributed by atoms with Crippen molar-refractivity contribution >= 4 is 23.5 Å². The van der Waals surface area contributed by atoms with Crippen molar-refractivity contribution in [2.45, 2.75) is 51.0 Å². The molecule has 27 heavy (non-hydrogen) atoms. The number of rotatable bonds is 6. The van der Waals surface area contributed by atoms with Crippen LogP contribution in [-0.4, -0.2) is 30.6 Å². The predicted octanol–water partition coefficient (Wildman–Crippen LogP) is 3.74. The van der Waals surface area contributed by atoms with Crippen LogP contribution in [-0.2, 0) is 14.3 Å². The van der Waals surface area contributed by atoms with Crippen molar-refractivity contribution in [3.8, 4) is 5.75 Å². The Hall–Kier alpha value is -1.75. The summed E-state index contributed by atoms with van der Waals surface area (Å²) < 4.78 is 11.2. The fourth-order valence-corrected chi connectivity index (χ4v) is 6.21. The molecule has 1 N–H and O–H groups in total. The summed E-state index contributed by atoms with van der Waals surface area (Å²) in [6.07, 6.45) is 5.63. The summed E-state index contributed by atoms with van der Waals surface area (Å²) in [5.74, 6) is 1.47. The zero-order valence-electron chi connectivity index (χ0n) is 15.6. The van der Waals surface area contributed by atoms with E-state index in [1.807, 2.05) is 12.1 Å². The molecule has 1 aromatic rings. The fourth-order valence-electron chi connectivity index (χ4n) is 6.02. The lowest BCUT2D eigenvalue weighted by molar-refractivity contribution is -0.176. The van der Waals surface area contributed by atoms with Gasteiger partial charge in [-0.3, -0.25) is 9.59 Å². The second-order valence-corrected chi connectivity index (χ2v) is 9.02. The first kappa shape index (κ1) is 18.6. The highest BCUT2D eigenvalue weighted by Crippen LogP contribution is 2.62. The highest BCUT2D eigenvalue weighted by molar-refractivity contribution is 6.32. The smallest absolute Gasteiger partial charge is 0.312 e. The van der Waals surface area contributed by atoms with E-state index in [-0.39, 0.29) is 30.6 Å². The van der Waals surface area contributed by atoms with E-state index in [1.165, 1.54) is 6.42 Å². The standard InChI is InChI=1S/C21H26ClNO4/c1-14(24)23-21-11-15-8-16(12-21)10-20(9-15,13-21)19(25)27-7-6-26-18-5-3-2-4-17(18)22/h2-5,15-16H,6-13H2,1H3,(H,23,24). The summed E-state index contributed by atoms with van der Waals surface area (Å²) in [7, 11) is 0. The second-order valence-electron chi connectivity index (χ2n) is 8.62. The van der Waals surface area contributed by atoms with Crippen LogP contribution in [0.5, 0.6) is 5.75 Å². The van der Waals surface area contributed by atoms with Crippen molar-refractivity contribution in [3.63, 3.8) is 0 Å². The number of carbonyl (C=O) groups excluding carboxylic acids is 2. The van der Waals surface area contributed by atoms with E-state index in [0.717, 1.165) is 25.7 Å². The molecule has 0 aromatic heterocycles. The molecular weight excluding hydrogens is 366 g/mol. The summed E-state index contributed by atoms with van der Waals surface area (Å²) >= 11 is 6.07. The molecule has 0 radical (unpaired) electrons. The van der Waals surface area contributed by atoms with Gasteiger partial charge in [-0.1, -0.05) is 23.7 Å². The Morgan fingerprint density at radius 3 is 2.52 bits per heavy atom. The van der Waals surface area contributed by atoms with Crippen LogP contribution < -0.4 is 10.1 Å². The molecule has 6 heteroatoms. The van der Waals surface area contributed by atoms with E-state index in [4.69, 9.17) is 21.1 Å². The summed E-state index contributed by atoms with van der Waals surface area (Å²) in [5, 5.41) is 3.72. The average molecular weight is 392 g/mol. The minimum Gasteiger partial charge on any atom is -0.488 e. The molecule has 4 fully saturated rings. The van der Waals surface area contributed by atoms with Crippen molar-refractivity contribution < 1.29 is 19.1 Å². The van der Waals surface area contributed by atoms with Crippen molar-refractivity contribution in [3.05, 3.63) is 29.3 Å². The molecule has 4 saturated carbocycles. The fraction of sp³-hybridized carbons (Fsp3) is 0.619. The summed E-state index contributed by atoms with van der Waals surface area (Å²) in [6, 6.07) is 7.25. The monoisotopic (exact) mass is 391 g/mol. The molecule has 0 heterocycles. The Kier molecular flexibility index (Phi) is 4.83. The topological polar surface area (TPSA) is 64.6 Å². The molecule has 4 aliphatic rings. The Morgan fingerprint density at radius 2 is 1.85 bits per heavy atom. The van der Waals surface area contributed by atoms with Gasteiger partial charge in [0.1, 0.15) is 19.0 Å². The van der Waals surface area contributed by atoms with Gasteiger partial charge in [-0.05, 0) is 62.5 Å². The number of para-hydroxylation sites is 1. The molecular formula is C21H26ClNO4. The van der Waals surface area contributed by atoms with Gasteiger partial charge >= 0.3 is 5.97 Å². The molecule has 0 saturated heterocycles. The summed E-state index contributed by atoms with van der Waals surface area (Å²) in [5.41, 5.74) is -0.667. The van der Waals surface area contributed by atoms with Crippen LogP contribution in [0.2, 0.25) is 5.02 Å². The van der Waals surface area contributed by atoms with Crippen molar-refractivity contribution in [1.29, 1.82) is 0 Å². The molecule has 5 nitrogen and oxygen atoms in total. The van der Waals surface area contributed by atoms with Crippen molar-refractivity contribution in [2.75, 3.05) is 13.2 Å². The highest BCUT2D eigenvalue weighted by Gasteiger charge is 2.61. The molecule has 0 aliphatic heterocycles. The SMILES string of the molecule is CC(=O)NC12CC3CC(C1)CC(C(=O)OCCOc1ccccc1Cl)(C3)C2. The number of nitrogens with one attached hydrogen (secondary N) is 1. The third-order valence-electron chi connectivity index (χ3n) is 6.35.